The Bertz CT molecular complexity index is 767. The monoisotopic (exact) mass is 258 g/mol. The molecule has 2 heterocycles. The average molecular weight is 258 g/mol. The minimum Gasteiger partial charge on any atom is -0.459 e. The number of furan rings is 1. The van der Waals surface area contributed by atoms with E-state index in [1.807, 2.05) is 0 Å². The van der Waals surface area contributed by atoms with E-state index in [0.29, 0.717) is 17.6 Å². The number of aromatic amines is 1. The zero-order chi connectivity index (χ0) is 13.2. The van der Waals surface area contributed by atoms with Crippen LogP contribution < -0.4 is 11.1 Å². The van der Waals surface area contributed by atoms with Gasteiger partial charge in [-0.05, 0) is 29.8 Å². The molecule has 1 amide bonds. The maximum absolute atomic E-state index is 11.7. The first kappa shape index (κ1) is 11.3. The number of rotatable bonds is 3. The quantitative estimate of drug-likeness (QED) is 0.747. The Kier molecular flexibility index (Phi) is 2.68. The fourth-order valence-electron chi connectivity index (χ4n) is 1.78. The number of H-pyrrole nitrogens is 1. The Hall–Kier alpha value is -2.76. The molecule has 2 aromatic heterocycles. The first-order valence-corrected chi connectivity index (χ1v) is 5.66. The van der Waals surface area contributed by atoms with Crippen LogP contribution in [0.3, 0.4) is 0 Å². The van der Waals surface area contributed by atoms with Gasteiger partial charge in [-0.2, -0.15) is 0 Å². The van der Waals surface area contributed by atoms with Crippen molar-refractivity contribution in [1.29, 1.82) is 0 Å². The third-order valence-corrected chi connectivity index (χ3v) is 2.68. The molecule has 0 saturated heterocycles. The van der Waals surface area contributed by atoms with E-state index in [2.05, 4.69) is 10.3 Å². The Labute approximate surface area is 107 Å². The van der Waals surface area contributed by atoms with Crippen molar-refractivity contribution in [3.05, 3.63) is 58.5 Å². The van der Waals surface area contributed by atoms with Crippen LogP contribution in [0.4, 0.5) is 0 Å². The van der Waals surface area contributed by atoms with E-state index in [-0.39, 0.29) is 11.7 Å². The van der Waals surface area contributed by atoms with Crippen molar-refractivity contribution in [1.82, 2.24) is 10.3 Å². The standard InChI is InChI=1S/C13H10N2O4/c16-12(10-2-1-5-18-10)14-7-8-3-4-9-11(6-8)19-13(17)15-9/h1-6H,7H2,(H,14,16)(H,15,17). The van der Waals surface area contributed by atoms with Crippen LogP contribution in [0.15, 0.2) is 50.2 Å². The number of carbonyl (C=O) groups excluding carboxylic acids is 1. The van der Waals surface area contributed by atoms with Crippen molar-refractivity contribution in [3.63, 3.8) is 0 Å². The molecule has 0 saturated carbocycles. The van der Waals surface area contributed by atoms with Gasteiger partial charge in [-0.1, -0.05) is 6.07 Å². The molecular formula is C13H10N2O4. The topological polar surface area (TPSA) is 88.2 Å². The van der Waals surface area contributed by atoms with Gasteiger partial charge in [-0.3, -0.25) is 9.78 Å². The Balaban J connectivity index is 1.74. The lowest BCUT2D eigenvalue weighted by Gasteiger charge is -2.03. The van der Waals surface area contributed by atoms with Gasteiger partial charge in [0.2, 0.25) is 0 Å². The molecule has 6 nitrogen and oxygen atoms in total. The molecule has 0 aliphatic heterocycles. The summed E-state index contributed by atoms with van der Waals surface area (Å²) in [7, 11) is 0. The molecule has 2 N–H and O–H groups in total. The fourth-order valence-corrected chi connectivity index (χ4v) is 1.78. The number of hydrogen-bond acceptors (Lipinski definition) is 4. The van der Waals surface area contributed by atoms with E-state index in [1.165, 1.54) is 6.26 Å². The van der Waals surface area contributed by atoms with Crippen molar-refractivity contribution >= 4 is 17.0 Å². The first-order chi connectivity index (χ1) is 9.22. The van der Waals surface area contributed by atoms with Crippen LogP contribution >= 0.6 is 0 Å². The molecule has 0 aliphatic rings. The van der Waals surface area contributed by atoms with Gasteiger partial charge in [0.15, 0.2) is 11.3 Å². The molecule has 0 spiro atoms. The van der Waals surface area contributed by atoms with Crippen molar-refractivity contribution in [3.8, 4) is 0 Å². The third kappa shape index (κ3) is 2.28. The number of fused-ring (bicyclic) bond motifs is 1. The zero-order valence-corrected chi connectivity index (χ0v) is 9.80. The fraction of sp³-hybridized carbons (Fsp3) is 0.0769. The van der Waals surface area contributed by atoms with Crippen LogP contribution in [0.1, 0.15) is 16.1 Å². The molecule has 0 fully saturated rings. The number of hydrogen-bond donors (Lipinski definition) is 2. The summed E-state index contributed by atoms with van der Waals surface area (Å²) < 4.78 is 9.93. The number of oxazole rings is 1. The SMILES string of the molecule is O=C(NCc1ccc2[nH]c(=O)oc2c1)c1ccco1. The summed E-state index contributed by atoms with van der Waals surface area (Å²) in [6.07, 6.45) is 1.44. The lowest BCUT2D eigenvalue weighted by Crippen LogP contribution is -2.22. The van der Waals surface area contributed by atoms with Crippen LogP contribution in [0.5, 0.6) is 0 Å². The van der Waals surface area contributed by atoms with Gasteiger partial charge in [-0.25, -0.2) is 4.79 Å². The molecule has 0 aliphatic carbocycles. The highest BCUT2D eigenvalue weighted by Gasteiger charge is 2.08. The molecule has 1 aromatic carbocycles. The van der Waals surface area contributed by atoms with Crippen molar-refractivity contribution in [2.75, 3.05) is 0 Å². The molecule has 96 valence electrons. The van der Waals surface area contributed by atoms with E-state index >= 15 is 0 Å². The van der Waals surface area contributed by atoms with Crippen LogP contribution in [0, 0.1) is 0 Å². The van der Waals surface area contributed by atoms with Crippen LogP contribution in [0.25, 0.3) is 11.1 Å². The number of benzene rings is 1. The summed E-state index contributed by atoms with van der Waals surface area (Å²) in [5, 5.41) is 2.71. The zero-order valence-electron chi connectivity index (χ0n) is 9.80. The van der Waals surface area contributed by atoms with Crippen LogP contribution in [-0.4, -0.2) is 10.9 Å². The largest absolute Gasteiger partial charge is 0.459 e. The van der Waals surface area contributed by atoms with Gasteiger partial charge in [0, 0.05) is 6.54 Å². The minimum atomic E-state index is -0.494. The van der Waals surface area contributed by atoms with Gasteiger partial charge >= 0.3 is 5.76 Å². The minimum absolute atomic E-state index is 0.259. The van der Waals surface area contributed by atoms with E-state index in [4.69, 9.17) is 8.83 Å². The summed E-state index contributed by atoms with van der Waals surface area (Å²) in [6, 6.07) is 8.47. The van der Waals surface area contributed by atoms with Crippen molar-refractivity contribution in [2.45, 2.75) is 6.54 Å². The molecule has 3 rings (SSSR count). The maximum atomic E-state index is 11.7. The smallest absolute Gasteiger partial charge is 0.417 e. The highest BCUT2D eigenvalue weighted by molar-refractivity contribution is 5.91. The molecular weight excluding hydrogens is 248 g/mol. The second kappa shape index (κ2) is 4.49. The second-order valence-corrected chi connectivity index (χ2v) is 4.01. The molecule has 3 aromatic rings. The predicted molar refractivity (Wildman–Crippen MR) is 66.7 cm³/mol. The van der Waals surface area contributed by atoms with Crippen molar-refractivity contribution in [2.24, 2.45) is 0 Å². The van der Waals surface area contributed by atoms with Crippen LogP contribution in [0.2, 0.25) is 0 Å². The third-order valence-electron chi connectivity index (χ3n) is 2.68. The van der Waals surface area contributed by atoms with Gasteiger partial charge < -0.3 is 14.2 Å². The first-order valence-electron chi connectivity index (χ1n) is 5.66. The maximum Gasteiger partial charge on any atom is 0.417 e. The van der Waals surface area contributed by atoms with Crippen LogP contribution in [-0.2, 0) is 6.54 Å². The van der Waals surface area contributed by atoms with E-state index in [9.17, 15) is 9.59 Å². The van der Waals surface area contributed by atoms with Gasteiger partial charge in [0.1, 0.15) is 0 Å². The van der Waals surface area contributed by atoms with E-state index in [0.717, 1.165) is 5.56 Å². The van der Waals surface area contributed by atoms with Gasteiger partial charge in [-0.15, -0.1) is 0 Å². The lowest BCUT2D eigenvalue weighted by molar-refractivity contribution is 0.0923. The summed E-state index contributed by atoms with van der Waals surface area (Å²) in [5.41, 5.74) is 1.93. The molecule has 6 heteroatoms. The Morgan fingerprint density at radius 2 is 2.21 bits per heavy atom. The Morgan fingerprint density at radius 1 is 1.32 bits per heavy atom. The van der Waals surface area contributed by atoms with Gasteiger partial charge in [0.05, 0.1) is 11.8 Å². The highest BCUT2D eigenvalue weighted by Crippen LogP contribution is 2.12. The predicted octanol–water partition coefficient (Wildman–Crippen LogP) is 1.64. The van der Waals surface area contributed by atoms with E-state index in [1.54, 1.807) is 30.3 Å². The normalized spacial score (nSPS) is 10.7. The van der Waals surface area contributed by atoms with E-state index < -0.39 is 5.76 Å². The average Bonchev–Trinajstić information content (AvgIpc) is 3.03. The second-order valence-electron chi connectivity index (χ2n) is 4.01. The number of carbonyl (C=O) groups is 1. The molecule has 0 unspecified atom stereocenters. The summed E-state index contributed by atoms with van der Waals surface area (Å²) in [4.78, 5) is 25.2. The lowest BCUT2D eigenvalue weighted by atomic mass is 10.2. The van der Waals surface area contributed by atoms with Gasteiger partial charge in [0.25, 0.3) is 5.91 Å². The number of aromatic nitrogens is 1. The molecule has 0 atom stereocenters. The highest BCUT2D eigenvalue weighted by atomic mass is 16.4. The molecule has 0 radical (unpaired) electrons. The number of amides is 1. The summed E-state index contributed by atoms with van der Waals surface area (Å²) in [5.74, 6) is -0.526. The summed E-state index contributed by atoms with van der Waals surface area (Å²) in [6.45, 7) is 0.324. The number of nitrogens with one attached hydrogen (secondary N) is 2. The van der Waals surface area contributed by atoms with Crippen molar-refractivity contribution < 1.29 is 13.6 Å². The molecule has 0 bridgehead atoms. The summed E-state index contributed by atoms with van der Waals surface area (Å²) >= 11 is 0. The Morgan fingerprint density at radius 3 is 3.00 bits per heavy atom. The molecule has 19 heavy (non-hydrogen) atoms.